The maximum Gasteiger partial charge on any atom is 0.254 e. The van der Waals surface area contributed by atoms with Gasteiger partial charge in [0.05, 0.1) is 29.4 Å². The number of amides is 1. The molecule has 1 amide bonds. The van der Waals surface area contributed by atoms with Gasteiger partial charge in [-0.05, 0) is 25.1 Å². The first-order valence-corrected chi connectivity index (χ1v) is 5.33. The van der Waals surface area contributed by atoms with E-state index in [1.54, 1.807) is 30.0 Å². The van der Waals surface area contributed by atoms with Crippen LogP contribution in [0.25, 0.3) is 0 Å². The van der Waals surface area contributed by atoms with Crippen LogP contribution in [0.1, 0.15) is 17.3 Å². The molecule has 0 unspecified atom stereocenters. The number of nitrogen functional groups attached to an aromatic ring is 1. The third kappa shape index (κ3) is 1.99. The van der Waals surface area contributed by atoms with Crippen LogP contribution >= 0.6 is 11.6 Å². The monoisotopic (exact) mass is 240 g/mol. The van der Waals surface area contributed by atoms with E-state index in [9.17, 15) is 9.90 Å². The molecule has 1 heterocycles. The number of carbonyl (C=O) groups is 1. The fourth-order valence-electron chi connectivity index (χ4n) is 1.78. The van der Waals surface area contributed by atoms with Crippen molar-refractivity contribution in [3.8, 4) is 0 Å². The van der Waals surface area contributed by atoms with Crippen molar-refractivity contribution in [1.82, 2.24) is 4.90 Å². The molecule has 1 aliphatic heterocycles. The Kier molecular flexibility index (Phi) is 2.56. The van der Waals surface area contributed by atoms with E-state index < -0.39 is 5.60 Å². The first-order valence-electron chi connectivity index (χ1n) is 4.96. The maximum atomic E-state index is 11.9. The number of rotatable bonds is 1. The molecule has 1 aliphatic rings. The Morgan fingerprint density at radius 2 is 2.19 bits per heavy atom. The molecular weight excluding hydrogens is 228 g/mol. The second-order valence-electron chi connectivity index (χ2n) is 4.39. The molecule has 1 fully saturated rings. The second-order valence-corrected chi connectivity index (χ2v) is 4.80. The Morgan fingerprint density at radius 1 is 1.56 bits per heavy atom. The average molecular weight is 241 g/mol. The Bertz CT molecular complexity index is 438. The normalized spacial score (nSPS) is 18.1. The van der Waals surface area contributed by atoms with Crippen molar-refractivity contribution in [3.05, 3.63) is 28.8 Å². The van der Waals surface area contributed by atoms with Gasteiger partial charge in [-0.25, -0.2) is 0 Å². The number of carbonyl (C=O) groups excluding carboxylic acids is 1. The highest BCUT2D eigenvalue weighted by molar-refractivity contribution is 6.33. The summed E-state index contributed by atoms with van der Waals surface area (Å²) in [6.45, 7) is 2.41. The number of halogens is 1. The molecule has 1 aromatic rings. The zero-order valence-electron chi connectivity index (χ0n) is 8.90. The first-order chi connectivity index (χ1) is 7.39. The van der Waals surface area contributed by atoms with Gasteiger partial charge in [-0.3, -0.25) is 4.79 Å². The van der Waals surface area contributed by atoms with Crippen LogP contribution in [-0.2, 0) is 0 Å². The zero-order valence-corrected chi connectivity index (χ0v) is 9.66. The summed E-state index contributed by atoms with van der Waals surface area (Å²) in [5.41, 5.74) is 5.75. The van der Waals surface area contributed by atoms with Gasteiger partial charge in [-0.15, -0.1) is 0 Å². The van der Waals surface area contributed by atoms with Crippen molar-refractivity contribution < 1.29 is 9.90 Å². The van der Waals surface area contributed by atoms with E-state index in [1.165, 1.54) is 0 Å². The van der Waals surface area contributed by atoms with Gasteiger partial charge in [0.15, 0.2) is 0 Å². The van der Waals surface area contributed by atoms with Gasteiger partial charge in [0.1, 0.15) is 0 Å². The summed E-state index contributed by atoms with van der Waals surface area (Å²) in [4.78, 5) is 13.5. The summed E-state index contributed by atoms with van der Waals surface area (Å²) < 4.78 is 0. The number of nitrogens with zero attached hydrogens (tertiary/aromatic N) is 1. The molecule has 86 valence electrons. The molecule has 5 heteroatoms. The molecule has 0 bridgehead atoms. The highest BCUT2D eigenvalue weighted by Crippen LogP contribution is 2.25. The van der Waals surface area contributed by atoms with Gasteiger partial charge >= 0.3 is 0 Å². The third-order valence-electron chi connectivity index (χ3n) is 2.59. The van der Waals surface area contributed by atoms with Crippen LogP contribution in [-0.4, -0.2) is 34.6 Å². The van der Waals surface area contributed by atoms with Crippen molar-refractivity contribution in [2.45, 2.75) is 12.5 Å². The smallest absolute Gasteiger partial charge is 0.254 e. The lowest BCUT2D eigenvalue weighted by molar-refractivity contribution is -0.0668. The first kappa shape index (κ1) is 11.2. The van der Waals surface area contributed by atoms with Gasteiger partial charge in [0.25, 0.3) is 5.91 Å². The predicted octanol–water partition coefficient (Wildman–Crippen LogP) is 1.13. The number of benzene rings is 1. The lowest BCUT2D eigenvalue weighted by Crippen LogP contribution is -2.61. The van der Waals surface area contributed by atoms with E-state index >= 15 is 0 Å². The zero-order chi connectivity index (χ0) is 11.9. The van der Waals surface area contributed by atoms with E-state index in [4.69, 9.17) is 17.3 Å². The molecule has 2 rings (SSSR count). The minimum atomic E-state index is -0.756. The largest absolute Gasteiger partial charge is 0.398 e. The quantitative estimate of drug-likeness (QED) is 0.724. The molecule has 1 saturated heterocycles. The molecule has 0 aromatic heterocycles. The second kappa shape index (κ2) is 3.64. The average Bonchev–Trinajstić information content (AvgIpc) is 2.17. The molecule has 3 N–H and O–H groups in total. The molecule has 1 aromatic carbocycles. The van der Waals surface area contributed by atoms with Crippen molar-refractivity contribution in [3.63, 3.8) is 0 Å². The van der Waals surface area contributed by atoms with Gasteiger partial charge in [0, 0.05) is 5.56 Å². The van der Waals surface area contributed by atoms with Crippen LogP contribution in [0.4, 0.5) is 5.69 Å². The van der Waals surface area contributed by atoms with Gasteiger partial charge in [-0.1, -0.05) is 11.6 Å². The number of likely N-dealkylation sites (tertiary alicyclic amines) is 1. The van der Waals surface area contributed by atoms with Crippen molar-refractivity contribution in [2.75, 3.05) is 18.8 Å². The SMILES string of the molecule is CC1(O)CN(C(=O)c2ccc(Cl)c(N)c2)C1. The minimum Gasteiger partial charge on any atom is -0.398 e. The predicted molar refractivity (Wildman–Crippen MR) is 62.4 cm³/mol. The Labute approximate surface area is 98.6 Å². The molecule has 0 aliphatic carbocycles. The lowest BCUT2D eigenvalue weighted by atomic mass is 9.96. The van der Waals surface area contributed by atoms with Gasteiger partial charge in [-0.2, -0.15) is 0 Å². The summed E-state index contributed by atoms with van der Waals surface area (Å²) >= 11 is 5.77. The standard InChI is InChI=1S/C11H13ClN2O2/c1-11(16)5-14(6-11)10(15)7-2-3-8(12)9(13)4-7/h2-4,16H,5-6,13H2,1H3. The van der Waals surface area contributed by atoms with Crippen LogP contribution in [0, 0.1) is 0 Å². The topological polar surface area (TPSA) is 66.6 Å². The van der Waals surface area contributed by atoms with E-state index in [0.29, 0.717) is 29.4 Å². The van der Waals surface area contributed by atoms with Crippen LogP contribution in [0.15, 0.2) is 18.2 Å². The van der Waals surface area contributed by atoms with E-state index in [1.807, 2.05) is 0 Å². The molecule has 4 nitrogen and oxygen atoms in total. The van der Waals surface area contributed by atoms with E-state index in [2.05, 4.69) is 0 Å². The van der Waals surface area contributed by atoms with E-state index in [0.717, 1.165) is 0 Å². The van der Waals surface area contributed by atoms with Crippen LogP contribution < -0.4 is 5.73 Å². The fraction of sp³-hybridized carbons (Fsp3) is 0.364. The molecule has 0 spiro atoms. The lowest BCUT2D eigenvalue weighted by Gasteiger charge is -2.44. The van der Waals surface area contributed by atoms with Crippen molar-refractivity contribution in [2.24, 2.45) is 0 Å². The van der Waals surface area contributed by atoms with Crippen molar-refractivity contribution >= 4 is 23.2 Å². The summed E-state index contributed by atoms with van der Waals surface area (Å²) in [5, 5.41) is 9.98. The molecule has 16 heavy (non-hydrogen) atoms. The molecule has 0 saturated carbocycles. The maximum absolute atomic E-state index is 11.9. The Morgan fingerprint density at radius 3 is 2.69 bits per heavy atom. The number of aliphatic hydroxyl groups is 1. The molecule has 0 atom stereocenters. The summed E-state index contributed by atoms with van der Waals surface area (Å²) in [6.07, 6.45) is 0. The van der Waals surface area contributed by atoms with Crippen LogP contribution in [0.3, 0.4) is 0 Å². The number of β-amino-alcohol motifs (C(OH)–C–C–N with tert-alkyl or cyclic N) is 1. The number of hydrogen-bond acceptors (Lipinski definition) is 3. The van der Waals surface area contributed by atoms with Gasteiger partial charge in [0.2, 0.25) is 0 Å². The summed E-state index contributed by atoms with van der Waals surface area (Å²) in [7, 11) is 0. The minimum absolute atomic E-state index is 0.130. The molecular formula is C11H13ClN2O2. The highest BCUT2D eigenvalue weighted by Gasteiger charge is 2.39. The summed E-state index contributed by atoms with van der Waals surface area (Å²) in [6, 6.07) is 4.79. The van der Waals surface area contributed by atoms with Crippen LogP contribution in [0.5, 0.6) is 0 Å². The van der Waals surface area contributed by atoms with Crippen LogP contribution in [0.2, 0.25) is 5.02 Å². The van der Waals surface area contributed by atoms with Crippen molar-refractivity contribution in [1.29, 1.82) is 0 Å². The third-order valence-corrected chi connectivity index (χ3v) is 2.94. The highest BCUT2D eigenvalue weighted by atomic mass is 35.5. The number of nitrogens with two attached hydrogens (primary N) is 1. The number of hydrogen-bond donors (Lipinski definition) is 2. The summed E-state index contributed by atoms with van der Waals surface area (Å²) in [5.74, 6) is -0.130. The Hall–Kier alpha value is -1.26. The van der Waals surface area contributed by atoms with Gasteiger partial charge < -0.3 is 15.7 Å². The fourth-order valence-corrected chi connectivity index (χ4v) is 1.90. The van der Waals surface area contributed by atoms with E-state index in [-0.39, 0.29) is 5.91 Å². The Balaban J connectivity index is 2.13. The molecule has 0 radical (unpaired) electrons. The number of anilines is 1.